The summed E-state index contributed by atoms with van der Waals surface area (Å²) >= 11 is 0. The van der Waals surface area contributed by atoms with Crippen molar-refractivity contribution >= 4 is 11.8 Å². The van der Waals surface area contributed by atoms with E-state index in [0.29, 0.717) is 11.1 Å². The number of imide groups is 1. The van der Waals surface area contributed by atoms with Crippen LogP contribution in [0.5, 0.6) is 0 Å². The molecule has 88 valence electrons. The number of amides is 2. The van der Waals surface area contributed by atoms with Crippen LogP contribution in [0.2, 0.25) is 0 Å². The average molecular weight is 233 g/mol. The zero-order valence-corrected chi connectivity index (χ0v) is 8.86. The van der Waals surface area contributed by atoms with Crippen LogP contribution < -0.4 is 21.9 Å². The Morgan fingerprint density at radius 2 is 1.53 bits per heavy atom. The summed E-state index contributed by atoms with van der Waals surface area (Å²) in [5.74, 6) is -0.498. The molecule has 1 saturated heterocycles. The van der Waals surface area contributed by atoms with Crippen LogP contribution in [0.25, 0.3) is 0 Å². The summed E-state index contributed by atoms with van der Waals surface area (Å²) < 4.78 is 0. The predicted octanol–water partition coefficient (Wildman–Crippen LogP) is -1.27. The SMILES string of the molecule is O=C1c2ccccc2C(=O)N1CC1NNNN1. The topological polar surface area (TPSA) is 85.5 Å². The van der Waals surface area contributed by atoms with Gasteiger partial charge < -0.3 is 0 Å². The van der Waals surface area contributed by atoms with Gasteiger partial charge >= 0.3 is 0 Å². The third-order valence-corrected chi connectivity index (χ3v) is 2.80. The van der Waals surface area contributed by atoms with Crippen molar-refractivity contribution in [3.63, 3.8) is 0 Å². The predicted molar refractivity (Wildman–Crippen MR) is 58.1 cm³/mol. The van der Waals surface area contributed by atoms with Gasteiger partial charge in [0.2, 0.25) is 0 Å². The first-order valence-electron chi connectivity index (χ1n) is 5.23. The Kier molecular flexibility index (Phi) is 2.37. The lowest BCUT2D eigenvalue weighted by Gasteiger charge is -2.17. The first kappa shape index (κ1) is 10.4. The Hall–Kier alpha value is -1.80. The van der Waals surface area contributed by atoms with Gasteiger partial charge in [0, 0.05) is 0 Å². The van der Waals surface area contributed by atoms with Gasteiger partial charge in [-0.15, -0.1) is 0 Å². The molecule has 0 unspecified atom stereocenters. The molecule has 0 saturated carbocycles. The van der Waals surface area contributed by atoms with E-state index in [1.165, 1.54) is 4.90 Å². The Morgan fingerprint density at radius 3 is 2.06 bits per heavy atom. The molecule has 0 aromatic heterocycles. The monoisotopic (exact) mass is 233 g/mol. The van der Waals surface area contributed by atoms with E-state index >= 15 is 0 Å². The second kappa shape index (κ2) is 3.90. The maximum atomic E-state index is 12.0. The fraction of sp³-hybridized carbons (Fsp3) is 0.200. The van der Waals surface area contributed by atoms with Crippen LogP contribution in [-0.4, -0.2) is 29.4 Å². The van der Waals surface area contributed by atoms with Crippen LogP contribution in [-0.2, 0) is 0 Å². The van der Waals surface area contributed by atoms with Crippen LogP contribution in [0.3, 0.4) is 0 Å². The number of hydrogen-bond donors (Lipinski definition) is 4. The molecule has 2 aliphatic heterocycles. The molecule has 0 aliphatic carbocycles. The minimum absolute atomic E-state index is 0.211. The molecular weight excluding hydrogens is 222 g/mol. The van der Waals surface area contributed by atoms with Gasteiger partial charge in [0.25, 0.3) is 11.8 Å². The molecule has 2 heterocycles. The van der Waals surface area contributed by atoms with Crippen molar-refractivity contribution in [3.05, 3.63) is 35.4 Å². The van der Waals surface area contributed by atoms with Gasteiger partial charge in [-0.1, -0.05) is 12.1 Å². The van der Waals surface area contributed by atoms with E-state index in [2.05, 4.69) is 21.9 Å². The van der Waals surface area contributed by atoms with Crippen LogP contribution in [0.4, 0.5) is 0 Å². The van der Waals surface area contributed by atoms with E-state index in [1.54, 1.807) is 24.3 Å². The van der Waals surface area contributed by atoms with Crippen LogP contribution in [0.1, 0.15) is 20.7 Å². The fourth-order valence-corrected chi connectivity index (χ4v) is 1.96. The minimum atomic E-state index is -0.249. The van der Waals surface area contributed by atoms with Gasteiger partial charge in [0.1, 0.15) is 6.17 Å². The molecule has 2 amide bonds. The van der Waals surface area contributed by atoms with Crippen LogP contribution >= 0.6 is 0 Å². The lowest BCUT2D eigenvalue weighted by molar-refractivity contribution is 0.0636. The molecule has 2 aliphatic rings. The lowest BCUT2D eigenvalue weighted by atomic mass is 10.1. The van der Waals surface area contributed by atoms with Gasteiger partial charge in [-0.05, 0) is 12.1 Å². The van der Waals surface area contributed by atoms with Crippen molar-refractivity contribution in [1.82, 2.24) is 26.8 Å². The molecular formula is C10H11N5O2. The van der Waals surface area contributed by atoms with Crippen molar-refractivity contribution in [3.8, 4) is 0 Å². The van der Waals surface area contributed by atoms with E-state index in [1.807, 2.05) is 0 Å². The first-order valence-corrected chi connectivity index (χ1v) is 5.23. The van der Waals surface area contributed by atoms with Crippen molar-refractivity contribution in [2.45, 2.75) is 6.17 Å². The van der Waals surface area contributed by atoms with E-state index in [9.17, 15) is 9.59 Å². The number of hydrogen-bond acceptors (Lipinski definition) is 6. The molecule has 3 rings (SSSR count). The van der Waals surface area contributed by atoms with Gasteiger partial charge in [-0.3, -0.25) is 14.5 Å². The zero-order valence-electron chi connectivity index (χ0n) is 8.86. The standard InChI is InChI=1S/C10H11N5O2/c16-9-6-3-1-2-4-7(6)10(17)15(9)5-8-11-13-14-12-8/h1-4,8,11-14H,5H2. The Balaban J connectivity index is 1.84. The maximum Gasteiger partial charge on any atom is 0.261 e. The quantitative estimate of drug-likeness (QED) is 0.476. The zero-order chi connectivity index (χ0) is 11.8. The summed E-state index contributed by atoms with van der Waals surface area (Å²) in [6.07, 6.45) is -0.211. The lowest BCUT2D eigenvalue weighted by Crippen LogP contribution is -2.46. The van der Waals surface area contributed by atoms with E-state index < -0.39 is 0 Å². The number of rotatable bonds is 2. The van der Waals surface area contributed by atoms with Crippen LogP contribution in [0.15, 0.2) is 24.3 Å². The summed E-state index contributed by atoms with van der Waals surface area (Å²) in [6, 6.07) is 6.84. The highest BCUT2D eigenvalue weighted by Crippen LogP contribution is 2.22. The number of fused-ring (bicyclic) bond motifs is 1. The third kappa shape index (κ3) is 1.61. The van der Waals surface area contributed by atoms with E-state index in [-0.39, 0.29) is 24.5 Å². The molecule has 1 fully saturated rings. The van der Waals surface area contributed by atoms with E-state index in [4.69, 9.17) is 0 Å². The minimum Gasteiger partial charge on any atom is -0.271 e. The third-order valence-electron chi connectivity index (χ3n) is 2.80. The average Bonchev–Trinajstić information content (AvgIpc) is 2.94. The molecule has 0 bridgehead atoms. The molecule has 0 spiro atoms. The van der Waals surface area contributed by atoms with Crippen molar-refractivity contribution < 1.29 is 9.59 Å². The van der Waals surface area contributed by atoms with Gasteiger partial charge in [-0.2, -0.15) is 11.1 Å². The van der Waals surface area contributed by atoms with Crippen molar-refractivity contribution in [2.75, 3.05) is 6.54 Å². The molecule has 7 heteroatoms. The van der Waals surface area contributed by atoms with Gasteiger partial charge in [0.05, 0.1) is 17.7 Å². The van der Waals surface area contributed by atoms with Gasteiger partial charge in [0.15, 0.2) is 0 Å². The summed E-state index contributed by atoms with van der Waals surface area (Å²) in [7, 11) is 0. The second-order valence-corrected chi connectivity index (χ2v) is 3.86. The largest absolute Gasteiger partial charge is 0.271 e. The summed E-state index contributed by atoms with van der Waals surface area (Å²) in [5, 5.41) is 0. The second-order valence-electron chi connectivity index (χ2n) is 3.86. The Labute approximate surface area is 97.1 Å². The molecule has 4 N–H and O–H groups in total. The maximum absolute atomic E-state index is 12.0. The number of carbonyl (C=O) groups is 2. The van der Waals surface area contributed by atoms with Crippen molar-refractivity contribution in [1.29, 1.82) is 0 Å². The molecule has 1 aromatic carbocycles. The smallest absolute Gasteiger partial charge is 0.261 e. The fourth-order valence-electron chi connectivity index (χ4n) is 1.96. The number of carbonyl (C=O) groups excluding carboxylic acids is 2. The number of hydrazine groups is 3. The highest BCUT2D eigenvalue weighted by atomic mass is 16.2. The number of benzene rings is 1. The van der Waals surface area contributed by atoms with Crippen molar-refractivity contribution in [2.24, 2.45) is 0 Å². The summed E-state index contributed by atoms with van der Waals surface area (Å²) in [4.78, 5) is 25.2. The van der Waals surface area contributed by atoms with Gasteiger partial charge in [-0.25, -0.2) is 10.9 Å². The molecule has 0 atom stereocenters. The number of nitrogens with zero attached hydrogens (tertiary/aromatic N) is 1. The highest BCUT2D eigenvalue weighted by molar-refractivity contribution is 6.21. The molecule has 1 aromatic rings. The summed E-state index contributed by atoms with van der Waals surface area (Å²) in [6.45, 7) is 0.256. The highest BCUT2D eigenvalue weighted by Gasteiger charge is 2.36. The first-order chi connectivity index (χ1) is 8.27. The normalized spacial score (nSPS) is 20.1. The number of nitrogens with one attached hydrogen (secondary N) is 4. The Bertz CT molecular complexity index is 448. The molecule has 7 nitrogen and oxygen atoms in total. The summed E-state index contributed by atoms with van der Waals surface area (Å²) in [5.41, 5.74) is 11.9. The van der Waals surface area contributed by atoms with E-state index in [0.717, 1.165) is 0 Å². The Morgan fingerprint density at radius 1 is 1.00 bits per heavy atom. The van der Waals surface area contributed by atoms with Crippen LogP contribution in [0, 0.1) is 0 Å². The molecule has 17 heavy (non-hydrogen) atoms. The molecule has 0 radical (unpaired) electrons.